The van der Waals surface area contributed by atoms with Crippen molar-refractivity contribution in [3.05, 3.63) is 89.5 Å². The zero-order chi connectivity index (χ0) is 21.1. The molecular formula is C23H21F2N3OS. The number of hydrogen-bond acceptors (Lipinski definition) is 2. The van der Waals surface area contributed by atoms with Crippen LogP contribution in [0.15, 0.2) is 65.3 Å². The van der Waals surface area contributed by atoms with Crippen molar-refractivity contribution in [1.82, 2.24) is 9.88 Å². The second-order valence-electron chi connectivity index (χ2n) is 7.11. The minimum atomic E-state index is -0.336. The summed E-state index contributed by atoms with van der Waals surface area (Å²) in [7, 11) is 0. The molecule has 0 fully saturated rings. The van der Waals surface area contributed by atoms with Crippen molar-refractivity contribution in [2.24, 2.45) is 0 Å². The van der Waals surface area contributed by atoms with Crippen molar-refractivity contribution >= 4 is 33.9 Å². The lowest BCUT2D eigenvalue weighted by Crippen LogP contribution is -2.35. The molecule has 2 N–H and O–H groups in total. The van der Waals surface area contributed by atoms with Crippen molar-refractivity contribution in [3.8, 4) is 0 Å². The van der Waals surface area contributed by atoms with Gasteiger partial charge in [-0.25, -0.2) is 8.78 Å². The van der Waals surface area contributed by atoms with Gasteiger partial charge in [0.05, 0.1) is 12.8 Å². The fraction of sp³-hybridized carbons (Fsp3) is 0.174. The summed E-state index contributed by atoms with van der Waals surface area (Å²) < 4.78 is 32.8. The maximum atomic E-state index is 13.8. The summed E-state index contributed by atoms with van der Waals surface area (Å²) in [6.45, 7) is 3.02. The molecule has 2 heterocycles. The first-order valence-electron chi connectivity index (χ1n) is 9.60. The second-order valence-corrected chi connectivity index (χ2v) is 7.50. The summed E-state index contributed by atoms with van der Waals surface area (Å²) in [4.78, 5) is 5.26. The van der Waals surface area contributed by atoms with Gasteiger partial charge in [-0.05, 0) is 79.7 Å². The number of aromatic amines is 1. The number of hydrogen-bond donors (Lipinski definition) is 2. The Balaban J connectivity index is 1.55. The van der Waals surface area contributed by atoms with E-state index in [4.69, 9.17) is 16.6 Å². The number of fused-ring (bicyclic) bond motifs is 1. The minimum Gasteiger partial charge on any atom is -0.467 e. The number of furan rings is 1. The van der Waals surface area contributed by atoms with Gasteiger partial charge in [0.1, 0.15) is 17.4 Å². The summed E-state index contributed by atoms with van der Waals surface area (Å²) in [5.74, 6) is 0.162. The lowest BCUT2D eigenvalue weighted by Gasteiger charge is -2.25. The molecule has 0 radical (unpaired) electrons. The Morgan fingerprint density at radius 1 is 1.10 bits per heavy atom. The molecule has 4 nitrogen and oxygen atoms in total. The van der Waals surface area contributed by atoms with Gasteiger partial charge in [0.2, 0.25) is 0 Å². The standard InChI is InChI=1S/C23H21F2N3OS/c1-15-20(21-13-17(25)7-8-22(21)26-15)9-10-28(14-19-6-3-11-29-19)23(30)27-18-5-2-4-16(24)12-18/h2-8,11-13,26H,9-10,14H2,1H3,(H,27,30). The van der Waals surface area contributed by atoms with Crippen LogP contribution in [0.5, 0.6) is 0 Å². The van der Waals surface area contributed by atoms with Crippen molar-refractivity contribution < 1.29 is 13.2 Å². The Morgan fingerprint density at radius 2 is 1.93 bits per heavy atom. The van der Waals surface area contributed by atoms with Crippen LogP contribution >= 0.6 is 12.2 Å². The Kier molecular flexibility index (Phi) is 5.81. The summed E-state index contributed by atoms with van der Waals surface area (Å²) in [5.41, 5.74) is 3.52. The van der Waals surface area contributed by atoms with Crippen LogP contribution < -0.4 is 5.32 Å². The number of benzene rings is 2. The molecule has 2 aromatic heterocycles. The van der Waals surface area contributed by atoms with E-state index in [1.54, 1.807) is 30.5 Å². The second kappa shape index (κ2) is 8.67. The van der Waals surface area contributed by atoms with Crippen LogP contribution in [0, 0.1) is 18.6 Å². The maximum Gasteiger partial charge on any atom is 0.173 e. The van der Waals surface area contributed by atoms with Crippen LogP contribution in [-0.2, 0) is 13.0 Å². The van der Waals surface area contributed by atoms with E-state index in [1.165, 1.54) is 18.2 Å². The number of anilines is 1. The SMILES string of the molecule is Cc1[nH]c2ccc(F)cc2c1CCN(Cc1ccco1)C(=S)Nc1cccc(F)c1. The van der Waals surface area contributed by atoms with Gasteiger partial charge in [-0.2, -0.15) is 0 Å². The summed E-state index contributed by atoms with van der Waals surface area (Å²) >= 11 is 5.60. The zero-order valence-corrected chi connectivity index (χ0v) is 17.2. The monoisotopic (exact) mass is 425 g/mol. The number of rotatable bonds is 6. The van der Waals surface area contributed by atoms with Gasteiger partial charge < -0.3 is 19.6 Å². The molecular weight excluding hydrogens is 404 g/mol. The van der Waals surface area contributed by atoms with Crippen molar-refractivity contribution in [1.29, 1.82) is 0 Å². The van der Waals surface area contributed by atoms with E-state index >= 15 is 0 Å². The predicted molar refractivity (Wildman–Crippen MR) is 118 cm³/mol. The van der Waals surface area contributed by atoms with Gasteiger partial charge in [-0.15, -0.1) is 0 Å². The number of thiocarbonyl (C=S) groups is 1. The Hall–Kier alpha value is -3.19. The number of halogens is 2. The first-order chi connectivity index (χ1) is 14.5. The van der Waals surface area contributed by atoms with E-state index in [9.17, 15) is 8.78 Å². The van der Waals surface area contributed by atoms with Crippen molar-refractivity contribution in [3.63, 3.8) is 0 Å². The average Bonchev–Trinajstić information content (AvgIpc) is 3.32. The first kappa shape index (κ1) is 20.1. The van der Waals surface area contributed by atoms with Crippen LogP contribution in [0.1, 0.15) is 17.0 Å². The van der Waals surface area contributed by atoms with Crippen LogP contribution in [-0.4, -0.2) is 21.5 Å². The highest BCUT2D eigenvalue weighted by molar-refractivity contribution is 7.80. The van der Waals surface area contributed by atoms with Gasteiger partial charge in [0.25, 0.3) is 0 Å². The Bertz CT molecular complexity index is 1170. The van der Waals surface area contributed by atoms with Gasteiger partial charge in [0, 0.05) is 28.8 Å². The zero-order valence-electron chi connectivity index (χ0n) is 16.4. The largest absolute Gasteiger partial charge is 0.467 e. The van der Waals surface area contributed by atoms with Crippen molar-refractivity contribution in [2.75, 3.05) is 11.9 Å². The molecule has 0 aliphatic rings. The molecule has 0 spiro atoms. The fourth-order valence-corrected chi connectivity index (χ4v) is 3.81. The summed E-state index contributed by atoms with van der Waals surface area (Å²) in [6, 6.07) is 14.6. The molecule has 154 valence electrons. The van der Waals surface area contributed by atoms with Gasteiger partial charge in [-0.3, -0.25) is 0 Å². The Morgan fingerprint density at radius 3 is 2.70 bits per heavy atom. The fourth-order valence-electron chi connectivity index (χ4n) is 3.54. The van der Waals surface area contributed by atoms with E-state index in [1.807, 2.05) is 24.0 Å². The molecule has 0 bridgehead atoms. The van der Waals surface area contributed by atoms with E-state index in [0.717, 1.165) is 27.9 Å². The van der Waals surface area contributed by atoms with Crippen molar-refractivity contribution in [2.45, 2.75) is 19.9 Å². The van der Waals surface area contributed by atoms with E-state index < -0.39 is 0 Å². The highest BCUT2D eigenvalue weighted by atomic mass is 32.1. The molecule has 4 aromatic rings. The first-order valence-corrected chi connectivity index (χ1v) is 10.0. The number of aromatic nitrogens is 1. The van der Waals surface area contributed by atoms with E-state index in [0.29, 0.717) is 30.3 Å². The lowest BCUT2D eigenvalue weighted by atomic mass is 10.1. The molecule has 0 aliphatic carbocycles. The Labute approximate surface area is 178 Å². The third-order valence-corrected chi connectivity index (χ3v) is 5.36. The quantitative estimate of drug-likeness (QED) is 0.384. The van der Waals surface area contributed by atoms with Gasteiger partial charge >= 0.3 is 0 Å². The molecule has 0 amide bonds. The smallest absolute Gasteiger partial charge is 0.173 e. The van der Waals surface area contributed by atoms with Crippen LogP contribution in [0.4, 0.5) is 14.5 Å². The molecule has 0 atom stereocenters. The molecule has 7 heteroatoms. The number of nitrogens with zero attached hydrogens (tertiary/aromatic N) is 1. The molecule has 4 rings (SSSR count). The normalized spacial score (nSPS) is 11.0. The predicted octanol–water partition coefficient (Wildman–Crippen LogP) is 5.79. The van der Waals surface area contributed by atoms with E-state index in [2.05, 4.69) is 10.3 Å². The average molecular weight is 426 g/mol. The highest BCUT2D eigenvalue weighted by Gasteiger charge is 2.16. The number of nitrogens with one attached hydrogen (secondary N) is 2. The maximum absolute atomic E-state index is 13.8. The van der Waals surface area contributed by atoms with Crippen LogP contribution in [0.3, 0.4) is 0 Å². The summed E-state index contributed by atoms with van der Waals surface area (Å²) in [6.07, 6.45) is 2.27. The molecule has 2 aromatic carbocycles. The molecule has 0 saturated carbocycles. The van der Waals surface area contributed by atoms with Crippen LogP contribution in [0.2, 0.25) is 0 Å². The molecule has 30 heavy (non-hydrogen) atoms. The topological polar surface area (TPSA) is 44.2 Å². The highest BCUT2D eigenvalue weighted by Crippen LogP contribution is 2.24. The molecule has 0 unspecified atom stereocenters. The minimum absolute atomic E-state index is 0.265. The number of H-pyrrole nitrogens is 1. The number of aryl methyl sites for hydroxylation is 1. The molecule has 0 aliphatic heterocycles. The third-order valence-electron chi connectivity index (χ3n) is 5.00. The van der Waals surface area contributed by atoms with Gasteiger partial charge in [0.15, 0.2) is 5.11 Å². The molecule has 0 saturated heterocycles. The van der Waals surface area contributed by atoms with Gasteiger partial charge in [-0.1, -0.05) is 6.07 Å². The third kappa shape index (κ3) is 4.52. The van der Waals surface area contributed by atoms with Crippen LogP contribution in [0.25, 0.3) is 10.9 Å². The lowest BCUT2D eigenvalue weighted by molar-refractivity contribution is 0.368. The summed E-state index contributed by atoms with van der Waals surface area (Å²) in [5, 5.41) is 4.42. The van der Waals surface area contributed by atoms with E-state index in [-0.39, 0.29) is 11.6 Å².